The largest absolute Gasteiger partial charge is 0.393 e. The highest BCUT2D eigenvalue weighted by atomic mass is 17.2. The van der Waals surface area contributed by atoms with Crippen molar-refractivity contribution in [2.24, 2.45) is 46.3 Å². The average molecular weight is 443 g/mol. The Bertz CT molecular complexity index is 787. The molecule has 0 aromatic carbocycles. The smallest absolute Gasteiger partial charge is 0.130 e. The fraction of sp³-hybridized carbons (Fsp3) is 0.862. The molecule has 2 spiro atoms. The molecule has 3 nitrogen and oxygen atoms in total. The van der Waals surface area contributed by atoms with Crippen molar-refractivity contribution in [3.05, 3.63) is 24.3 Å². The molecule has 0 amide bonds. The van der Waals surface area contributed by atoms with Crippen molar-refractivity contribution < 1.29 is 14.9 Å². The molecule has 0 radical (unpaired) electrons. The highest BCUT2D eigenvalue weighted by Crippen LogP contribution is 2.72. The summed E-state index contributed by atoms with van der Waals surface area (Å²) in [6.07, 6.45) is 18.3. The Kier molecular flexibility index (Phi) is 5.55. The van der Waals surface area contributed by atoms with Crippen molar-refractivity contribution in [1.82, 2.24) is 0 Å². The Labute approximate surface area is 195 Å². The van der Waals surface area contributed by atoms with Gasteiger partial charge in [-0.2, -0.15) is 0 Å². The summed E-state index contributed by atoms with van der Waals surface area (Å²) in [6, 6.07) is 0. The summed E-state index contributed by atoms with van der Waals surface area (Å²) in [7, 11) is 0. The van der Waals surface area contributed by atoms with Gasteiger partial charge in [0.05, 0.1) is 6.10 Å². The van der Waals surface area contributed by atoms with Gasteiger partial charge in [0.25, 0.3) is 0 Å². The second kappa shape index (κ2) is 7.68. The normalized spacial score (nSPS) is 51.5. The maximum Gasteiger partial charge on any atom is 0.130 e. The average Bonchev–Trinajstić information content (AvgIpc) is 3.12. The third-order valence-corrected chi connectivity index (χ3v) is 11.3. The Morgan fingerprint density at radius 1 is 0.969 bits per heavy atom. The van der Waals surface area contributed by atoms with E-state index in [1.54, 1.807) is 0 Å². The summed E-state index contributed by atoms with van der Waals surface area (Å²) in [5.74, 6) is 3.70. The molecule has 10 atom stereocenters. The van der Waals surface area contributed by atoms with Gasteiger partial charge < -0.3 is 5.11 Å². The van der Waals surface area contributed by atoms with Gasteiger partial charge in [-0.3, -0.25) is 0 Å². The first kappa shape index (κ1) is 23.1. The molecule has 3 heteroatoms. The predicted molar refractivity (Wildman–Crippen MR) is 129 cm³/mol. The van der Waals surface area contributed by atoms with E-state index in [1.165, 1.54) is 32.1 Å². The van der Waals surface area contributed by atoms with Crippen molar-refractivity contribution in [2.75, 3.05) is 0 Å². The minimum Gasteiger partial charge on any atom is -0.393 e. The molecule has 0 aromatic heterocycles. The molecule has 1 N–H and O–H groups in total. The minimum absolute atomic E-state index is 0.0653. The molecule has 4 aliphatic carbocycles. The van der Waals surface area contributed by atoms with Gasteiger partial charge in [-0.25, -0.2) is 9.78 Å². The molecule has 2 bridgehead atoms. The van der Waals surface area contributed by atoms with Crippen LogP contribution in [0.4, 0.5) is 0 Å². The summed E-state index contributed by atoms with van der Waals surface area (Å²) in [5.41, 5.74) is -0.371. The number of fused-ring (bicyclic) bond motifs is 2. The van der Waals surface area contributed by atoms with Gasteiger partial charge in [0.2, 0.25) is 0 Å². The van der Waals surface area contributed by atoms with E-state index in [0.717, 1.165) is 12.8 Å². The van der Waals surface area contributed by atoms with Crippen LogP contribution < -0.4 is 0 Å². The Balaban J connectivity index is 1.44. The summed E-state index contributed by atoms with van der Waals surface area (Å²) in [6.45, 7) is 14.4. The van der Waals surface area contributed by atoms with E-state index in [9.17, 15) is 5.11 Å². The van der Waals surface area contributed by atoms with Gasteiger partial charge in [0.15, 0.2) is 0 Å². The molecule has 2 heterocycles. The molecule has 3 saturated carbocycles. The quantitative estimate of drug-likeness (QED) is 0.373. The molecule has 4 fully saturated rings. The Morgan fingerprint density at radius 2 is 1.75 bits per heavy atom. The number of hydrogen-bond acceptors (Lipinski definition) is 3. The van der Waals surface area contributed by atoms with Crippen molar-refractivity contribution in [1.29, 1.82) is 0 Å². The monoisotopic (exact) mass is 442 g/mol. The van der Waals surface area contributed by atoms with Crippen LogP contribution in [0.1, 0.15) is 92.9 Å². The summed E-state index contributed by atoms with van der Waals surface area (Å²) in [5, 5.41) is 10.4. The van der Waals surface area contributed by atoms with Crippen LogP contribution in [-0.2, 0) is 9.78 Å². The number of hydrogen-bond donors (Lipinski definition) is 1. The van der Waals surface area contributed by atoms with E-state index >= 15 is 0 Å². The van der Waals surface area contributed by atoms with E-state index < -0.39 is 5.60 Å². The highest BCUT2D eigenvalue weighted by molar-refractivity contribution is 5.33. The topological polar surface area (TPSA) is 38.7 Å². The molecular weight excluding hydrogens is 396 g/mol. The summed E-state index contributed by atoms with van der Waals surface area (Å²) >= 11 is 0. The third kappa shape index (κ3) is 2.96. The Hall–Kier alpha value is -0.640. The standard InChI is InChI=1S/C29H46O3/c1-7-21(19(2)3)9-8-20(4)23-10-11-24-26(23,5)14-13-25-27(6)15-12-22(30)18-28(27)16-17-29(24,25)32-31-28/h8-9,16-17,19-25,30H,7,10-15,18H2,1-6H3/b9-8+/t20-,21-,22+,23-,24-,25-,26-,27-,28?,29-/m1/s1. The van der Waals surface area contributed by atoms with Crippen LogP contribution >= 0.6 is 0 Å². The first-order valence-corrected chi connectivity index (χ1v) is 13.6. The van der Waals surface area contributed by atoms with Crippen LogP contribution in [0.5, 0.6) is 0 Å². The first-order valence-electron chi connectivity index (χ1n) is 13.6. The maximum atomic E-state index is 10.4. The highest BCUT2D eigenvalue weighted by Gasteiger charge is 2.74. The zero-order valence-electron chi connectivity index (χ0n) is 21.3. The zero-order valence-corrected chi connectivity index (χ0v) is 21.3. The molecular formula is C29H46O3. The second-order valence-electron chi connectivity index (χ2n) is 13.0. The second-order valence-corrected chi connectivity index (χ2v) is 13.0. The molecule has 1 saturated heterocycles. The molecule has 180 valence electrons. The molecule has 6 rings (SSSR count). The van der Waals surface area contributed by atoms with Gasteiger partial charge in [-0.15, -0.1) is 0 Å². The number of rotatable bonds is 5. The fourth-order valence-corrected chi connectivity index (χ4v) is 9.29. The lowest BCUT2D eigenvalue weighted by Gasteiger charge is -2.69. The van der Waals surface area contributed by atoms with Crippen LogP contribution in [0.15, 0.2) is 24.3 Å². The van der Waals surface area contributed by atoms with E-state index in [2.05, 4.69) is 65.8 Å². The predicted octanol–water partition coefficient (Wildman–Crippen LogP) is 6.86. The van der Waals surface area contributed by atoms with Gasteiger partial charge in [-0.1, -0.05) is 59.8 Å². The van der Waals surface area contributed by atoms with Gasteiger partial charge in [-0.05, 0) is 80.1 Å². The Morgan fingerprint density at radius 3 is 2.41 bits per heavy atom. The first-order chi connectivity index (χ1) is 15.1. The van der Waals surface area contributed by atoms with Crippen molar-refractivity contribution in [3.63, 3.8) is 0 Å². The van der Waals surface area contributed by atoms with Gasteiger partial charge >= 0.3 is 0 Å². The van der Waals surface area contributed by atoms with Crippen molar-refractivity contribution in [3.8, 4) is 0 Å². The van der Waals surface area contributed by atoms with Gasteiger partial charge in [0.1, 0.15) is 11.2 Å². The van der Waals surface area contributed by atoms with E-state index in [1.807, 2.05) is 0 Å². The summed E-state index contributed by atoms with van der Waals surface area (Å²) in [4.78, 5) is 12.8. The number of allylic oxidation sites excluding steroid dienone is 2. The molecule has 2 aliphatic heterocycles. The molecule has 1 unspecified atom stereocenters. The third-order valence-electron chi connectivity index (χ3n) is 11.3. The molecule has 0 aromatic rings. The van der Waals surface area contributed by atoms with Crippen LogP contribution in [0.2, 0.25) is 0 Å². The minimum atomic E-state index is -0.440. The fourth-order valence-electron chi connectivity index (χ4n) is 9.29. The van der Waals surface area contributed by atoms with E-state index in [-0.39, 0.29) is 22.5 Å². The van der Waals surface area contributed by atoms with Crippen LogP contribution in [0, 0.1) is 46.3 Å². The lowest BCUT2D eigenvalue weighted by atomic mass is 9.43. The van der Waals surface area contributed by atoms with Crippen molar-refractivity contribution >= 4 is 0 Å². The lowest BCUT2D eigenvalue weighted by molar-refractivity contribution is -0.497. The van der Waals surface area contributed by atoms with E-state index in [4.69, 9.17) is 9.78 Å². The van der Waals surface area contributed by atoms with E-state index in [0.29, 0.717) is 41.9 Å². The molecule has 32 heavy (non-hydrogen) atoms. The number of aliphatic hydroxyl groups is 1. The van der Waals surface area contributed by atoms with Gasteiger partial charge in [0, 0.05) is 23.7 Å². The maximum absolute atomic E-state index is 10.4. The van der Waals surface area contributed by atoms with Crippen LogP contribution in [0.3, 0.4) is 0 Å². The SMILES string of the molecule is CC[C@H](/C=C/[C@@H](C)[C@H]1CC[C@@H]2[C@]1(C)CC[C@H]1[C@@]23C=CC2(C[C@@H](O)CC[C@]12C)OO3)C(C)C. The number of aliphatic hydroxyl groups excluding tert-OH is 1. The summed E-state index contributed by atoms with van der Waals surface area (Å²) < 4.78 is 0. The zero-order chi connectivity index (χ0) is 22.9. The molecule has 6 aliphatic rings. The lowest BCUT2D eigenvalue weighted by Crippen LogP contribution is -2.73. The van der Waals surface area contributed by atoms with Crippen molar-refractivity contribution in [2.45, 2.75) is 110 Å². The van der Waals surface area contributed by atoms with Crippen LogP contribution in [-0.4, -0.2) is 22.4 Å². The van der Waals surface area contributed by atoms with Crippen LogP contribution in [0.25, 0.3) is 0 Å².